The predicted octanol–water partition coefficient (Wildman–Crippen LogP) is 3.40. The fourth-order valence-electron chi connectivity index (χ4n) is 2.48. The molecule has 0 amide bonds. The van der Waals surface area contributed by atoms with Gasteiger partial charge in [0.05, 0.1) is 0 Å². The van der Waals surface area contributed by atoms with Gasteiger partial charge in [0.15, 0.2) is 16.6 Å². The van der Waals surface area contributed by atoms with Gasteiger partial charge in [-0.3, -0.25) is 4.79 Å². The smallest absolute Gasteiger partial charge is 0.231 e. The van der Waals surface area contributed by atoms with Crippen molar-refractivity contribution in [1.82, 2.24) is 0 Å². The molecule has 0 N–H and O–H groups in total. The van der Waals surface area contributed by atoms with E-state index >= 15 is 0 Å². The van der Waals surface area contributed by atoms with Crippen molar-refractivity contribution >= 4 is 17.7 Å². The maximum absolute atomic E-state index is 11.1. The average Bonchev–Trinajstić information content (AvgIpc) is 2.93. The Balaban J connectivity index is 1.90. The van der Waals surface area contributed by atoms with Gasteiger partial charge in [-0.05, 0) is 41.7 Å². The molecule has 0 saturated carbocycles. The molecule has 0 spiro atoms. The van der Waals surface area contributed by atoms with Gasteiger partial charge in [0.25, 0.3) is 0 Å². The first-order valence-electron chi connectivity index (χ1n) is 6.89. The van der Waals surface area contributed by atoms with Gasteiger partial charge in [-0.1, -0.05) is 30.3 Å². The lowest BCUT2D eigenvalue weighted by Gasteiger charge is -2.11. The molecule has 1 aliphatic heterocycles. The SMILES string of the molecule is O=C(S)CCc1cc2c(cc1Cc1ccccc1)OCO2. The first-order valence-corrected chi connectivity index (χ1v) is 7.34. The van der Waals surface area contributed by atoms with Crippen molar-refractivity contribution in [3.63, 3.8) is 0 Å². The van der Waals surface area contributed by atoms with E-state index in [0.29, 0.717) is 12.8 Å². The molecule has 4 heteroatoms. The molecule has 0 atom stereocenters. The zero-order chi connectivity index (χ0) is 14.7. The number of thiol groups is 1. The monoisotopic (exact) mass is 300 g/mol. The first kappa shape index (κ1) is 14.0. The lowest BCUT2D eigenvalue weighted by atomic mass is 9.96. The summed E-state index contributed by atoms with van der Waals surface area (Å²) in [4.78, 5) is 11.1. The fourth-order valence-corrected chi connectivity index (χ4v) is 2.59. The lowest BCUT2D eigenvalue weighted by molar-refractivity contribution is -0.110. The van der Waals surface area contributed by atoms with Crippen LogP contribution < -0.4 is 9.47 Å². The van der Waals surface area contributed by atoms with Gasteiger partial charge in [0, 0.05) is 6.42 Å². The summed E-state index contributed by atoms with van der Waals surface area (Å²) in [6.45, 7) is 0.259. The summed E-state index contributed by atoms with van der Waals surface area (Å²) in [6.07, 6.45) is 1.90. The summed E-state index contributed by atoms with van der Waals surface area (Å²) in [5, 5.41) is -0.0988. The zero-order valence-electron chi connectivity index (χ0n) is 11.5. The zero-order valence-corrected chi connectivity index (χ0v) is 12.4. The number of fused-ring (bicyclic) bond motifs is 1. The molecule has 0 unspecified atom stereocenters. The van der Waals surface area contributed by atoms with Crippen LogP contribution in [0, 0.1) is 0 Å². The van der Waals surface area contributed by atoms with Crippen molar-refractivity contribution < 1.29 is 14.3 Å². The quantitative estimate of drug-likeness (QED) is 0.860. The van der Waals surface area contributed by atoms with E-state index in [2.05, 4.69) is 24.8 Å². The van der Waals surface area contributed by atoms with Gasteiger partial charge in [-0.2, -0.15) is 0 Å². The normalized spacial score (nSPS) is 12.4. The Morgan fingerprint density at radius 3 is 2.38 bits per heavy atom. The molecule has 0 aromatic heterocycles. The van der Waals surface area contributed by atoms with Crippen LogP contribution >= 0.6 is 12.6 Å². The Hall–Kier alpha value is -1.94. The summed E-state index contributed by atoms with van der Waals surface area (Å²) in [6, 6.07) is 14.3. The Morgan fingerprint density at radius 2 is 1.71 bits per heavy atom. The minimum atomic E-state index is -0.0988. The van der Waals surface area contributed by atoms with Crippen LogP contribution in [0.3, 0.4) is 0 Å². The number of ether oxygens (including phenoxy) is 2. The van der Waals surface area contributed by atoms with Crippen LogP contribution in [0.1, 0.15) is 23.1 Å². The van der Waals surface area contributed by atoms with Gasteiger partial charge in [-0.25, -0.2) is 0 Å². The molecular formula is C17H16O3S. The molecule has 0 aliphatic carbocycles. The number of rotatable bonds is 5. The fraction of sp³-hybridized carbons (Fsp3) is 0.235. The first-order chi connectivity index (χ1) is 10.2. The van der Waals surface area contributed by atoms with Gasteiger partial charge >= 0.3 is 0 Å². The van der Waals surface area contributed by atoms with Crippen LogP contribution in [0.4, 0.5) is 0 Å². The van der Waals surface area contributed by atoms with Crippen molar-refractivity contribution in [1.29, 1.82) is 0 Å². The number of carbonyl (C=O) groups excluding carboxylic acids is 1. The Morgan fingerprint density at radius 1 is 1.05 bits per heavy atom. The van der Waals surface area contributed by atoms with E-state index in [1.165, 1.54) is 11.1 Å². The topological polar surface area (TPSA) is 35.5 Å². The molecule has 3 rings (SSSR count). The van der Waals surface area contributed by atoms with E-state index in [-0.39, 0.29) is 11.9 Å². The molecule has 2 aromatic rings. The molecule has 1 aliphatic rings. The van der Waals surface area contributed by atoms with Crippen LogP contribution in [0.25, 0.3) is 0 Å². The third-order valence-electron chi connectivity index (χ3n) is 3.54. The van der Waals surface area contributed by atoms with Crippen LogP contribution in [0.15, 0.2) is 42.5 Å². The van der Waals surface area contributed by atoms with Crippen molar-refractivity contribution in [2.24, 2.45) is 0 Å². The number of hydrogen-bond acceptors (Lipinski definition) is 3. The summed E-state index contributed by atoms with van der Waals surface area (Å²) in [5.41, 5.74) is 3.51. The highest BCUT2D eigenvalue weighted by molar-refractivity contribution is 7.96. The van der Waals surface area contributed by atoms with Gasteiger partial charge < -0.3 is 9.47 Å². The largest absolute Gasteiger partial charge is 0.454 e. The van der Waals surface area contributed by atoms with Gasteiger partial charge in [0.2, 0.25) is 6.79 Å². The standard InChI is InChI=1S/C17H16O3S/c18-17(21)7-6-13-9-15-16(20-11-19-15)10-14(13)8-12-4-2-1-3-5-12/h1-5,9-10H,6-8,11H2,(H,18,21). The molecule has 2 aromatic carbocycles. The molecule has 1 heterocycles. The molecular weight excluding hydrogens is 284 g/mol. The summed E-state index contributed by atoms with van der Waals surface area (Å²) in [7, 11) is 0. The Kier molecular flexibility index (Phi) is 4.15. The van der Waals surface area contributed by atoms with E-state index in [4.69, 9.17) is 9.47 Å². The molecule has 0 radical (unpaired) electrons. The van der Waals surface area contributed by atoms with Crippen LogP contribution in [0.5, 0.6) is 11.5 Å². The molecule has 3 nitrogen and oxygen atoms in total. The Labute approximate surface area is 129 Å². The second-order valence-corrected chi connectivity index (χ2v) is 5.53. The van der Waals surface area contributed by atoms with Crippen molar-refractivity contribution in [2.75, 3.05) is 6.79 Å². The van der Waals surface area contributed by atoms with Crippen LogP contribution in [-0.4, -0.2) is 11.9 Å². The lowest BCUT2D eigenvalue weighted by Crippen LogP contribution is -1.99. The molecule has 21 heavy (non-hydrogen) atoms. The van der Waals surface area contributed by atoms with Crippen LogP contribution in [0.2, 0.25) is 0 Å². The minimum absolute atomic E-state index is 0.0988. The minimum Gasteiger partial charge on any atom is -0.454 e. The van der Waals surface area contributed by atoms with E-state index in [0.717, 1.165) is 23.5 Å². The third-order valence-corrected chi connectivity index (χ3v) is 3.76. The van der Waals surface area contributed by atoms with Crippen LogP contribution in [-0.2, 0) is 17.6 Å². The van der Waals surface area contributed by atoms with Gasteiger partial charge in [0.1, 0.15) is 0 Å². The molecule has 0 fully saturated rings. The van der Waals surface area contributed by atoms with Crippen molar-refractivity contribution in [3.8, 4) is 11.5 Å². The van der Waals surface area contributed by atoms with E-state index in [9.17, 15) is 4.79 Å². The summed E-state index contributed by atoms with van der Waals surface area (Å²) < 4.78 is 10.9. The van der Waals surface area contributed by atoms with E-state index < -0.39 is 0 Å². The maximum Gasteiger partial charge on any atom is 0.231 e. The number of benzene rings is 2. The van der Waals surface area contributed by atoms with Gasteiger partial charge in [-0.15, -0.1) is 12.6 Å². The highest BCUT2D eigenvalue weighted by Crippen LogP contribution is 2.36. The predicted molar refractivity (Wildman–Crippen MR) is 84.1 cm³/mol. The average molecular weight is 300 g/mol. The van der Waals surface area contributed by atoms with E-state index in [1.807, 2.05) is 30.3 Å². The maximum atomic E-state index is 11.1. The highest BCUT2D eigenvalue weighted by atomic mass is 32.1. The number of hydrogen-bond donors (Lipinski definition) is 1. The molecule has 108 valence electrons. The molecule has 0 bridgehead atoms. The summed E-state index contributed by atoms with van der Waals surface area (Å²) >= 11 is 3.85. The second-order valence-electron chi connectivity index (χ2n) is 5.03. The second kappa shape index (κ2) is 6.22. The molecule has 0 saturated heterocycles. The third kappa shape index (κ3) is 3.39. The number of aryl methyl sites for hydroxylation is 1. The number of carbonyl (C=O) groups is 1. The Bertz CT molecular complexity index is 653. The highest BCUT2D eigenvalue weighted by Gasteiger charge is 2.17. The summed E-state index contributed by atoms with van der Waals surface area (Å²) in [5.74, 6) is 1.54. The van der Waals surface area contributed by atoms with E-state index in [1.54, 1.807) is 0 Å². The van der Waals surface area contributed by atoms with Crippen molar-refractivity contribution in [3.05, 3.63) is 59.2 Å². The van der Waals surface area contributed by atoms with Crippen molar-refractivity contribution in [2.45, 2.75) is 19.3 Å².